The number of nitrogens with zero attached hydrogens (tertiary/aromatic N) is 1. The molecule has 0 saturated heterocycles. The molecule has 0 radical (unpaired) electrons. The van der Waals surface area contributed by atoms with Crippen LogP contribution in [0.1, 0.15) is 5.69 Å². The lowest BCUT2D eigenvalue weighted by Gasteiger charge is -2.08. The summed E-state index contributed by atoms with van der Waals surface area (Å²) in [6.07, 6.45) is 0. The van der Waals surface area contributed by atoms with Crippen LogP contribution in [-0.4, -0.2) is 24.5 Å². The molecule has 0 spiro atoms. The Morgan fingerprint density at radius 1 is 1.14 bits per heavy atom. The van der Waals surface area contributed by atoms with Gasteiger partial charge in [-0.3, -0.25) is 4.79 Å². The van der Waals surface area contributed by atoms with Crippen molar-refractivity contribution in [3.05, 3.63) is 58.2 Å². The first-order valence-corrected chi connectivity index (χ1v) is 9.03. The fraction of sp³-hybridized carbons (Fsp3) is 0.158. The number of nitrogens with one attached hydrogen (secondary N) is 1. The second kappa shape index (κ2) is 8.10. The van der Waals surface area contributed by atoms with Crippen LogP contribution < -0.4 is 14.8 Å². The van der Waals surface area contributed by atoms with Crippen LogP contribution in [0.25, 0.3) is 11.3 Å². The fourth-order valence-corrected chi connectivity index (χ4v) is 2.95. The highest BCUT2D eigenvalue weighted by Crippen LogP contribution is 2.36. The summed E-state index contributed by atoms with van der Waals surface area (Å²) in [6.45, 7) is 0.149. The highest BCUT2D eigenvalue weighted by atomic mass is 35.5. The van der Waals surface area contributed by atoms with Crippen molar-refractivity contribution in [3.63, 3.8) is 0 Å². The first-order chi connectivity index (χ1) is 13.6. The van der Waals surface area contributed by atoms with Gasteiger partial charge in [0.05, 0.1) is 22.3 Å². The van der Waals surface area contributed by atoms with Crippen LogP contribution >= 0.6 is 23.2 Å². The third kappa shape index (κ3) is 4.06. The minimum atomic E-state index is -0.358. The molecule has 3 aromatic rings. The molecule has 4 rings (SSSR count). The lowest BCUT2D eigenvalue weighted by Crippen LogP contribution is -2.18. The predicted molar refractivity (Wildman–Crippen MR) is 103 cm³/mol. The lowest BCUT2D eigenvalue weighted by atomic mass is 10.1. The van der Waals surface area contributed by atoms with Gasteiger partial charge in [0.25, 0.3) is 0 Å². The first kappa shape index (κ1) is 18.6. The quantitative estimate of drug-likeness (QED) is 0.630. The first-order valence-electron chi connectivity index (χ1n) is 8.27. The maximum Gasteiger partial charge on any atom is 0.250 e. The SMILES string of the molecule is O=C(COCc1cc(-c2ccc3c(c2)OCO3)on1)Nc1cccc(Cl)c1Cl. The zero-order valence-corrected chi connectivity index (χ0v) is 15.9. The molecule has 1 aliphatic rings. The Morgan fingerprint density at radius 3 is 2.89 bits per heavy atom. The Balaban J connectivity index is 1.31. The van der Waals surface area contributed by atoms with E-state index in [2.05, 4.69) is 10.5 Å². The van der Waals surface area contributed by atoms with Crippen molar-refractivity contribution in [2.45, 2.75) is 6.61 Å². The Kier molecular flexibility index (Phi) is 5.38. The predicted octanol–water partition coefficient (Wildman–Crippen LogP) is 4.53. The van der Waals surface area contributed by atoms with Crippen LogP contribution in [0, 0.1) is 0 Å². The Labute approximate surface area is 170 Å². The third-order valence-electron chi connectivity index (χ3n) is 3.92. The van der Waals surface area contributed by atoms with Gasteiger partial charge >= 0.3 is 0 Å². The largest absolute Gasteiger partial charge is 0.454 e. The molecule has 2 aromatic carbocycles. The van der Waals surface area contributed by atoms with E-state index < -0.39 is 0 Å². The summed E-state index contributed by atoms with van der Waals surface area (Å²) in [4.78, 5) is 12.0. The molecule has 2 heterocycles. The summed E-state index contributed by atoms with van der Waals surface area (Å²) < 4.78 is 21.4. The van der Waals surface area contributed by atoms with Gasteiger partial charge in [0.1, 0.15) is 12.3 Å². The van der Waals surface area contributed by atoms with Gasteiger partial charge in [-0.05, 0) is 30.3 Å². The van der Waals surface area contributed by atoms with Crippen molar-refractivity contribution >= 4 is 34.8 Å². The van der Waals surface area contributed by atoms with Gasteiger partial charge < -0.3 is 24.1 Å². The highest BCUT2D eigenvalue weighted by molar-refractivity contribution is 6.43. The molecule has 0 atom stereocenters. The van der Waals surface area contributed by atoms with E-state index >= 15 is 0 Å². The molecular formula is C19H14Cl2N2O5. The average molecular weight is 421 g/mol. The number of hydrogen-bond acceptors (Lipinski definition) is 6. The van der Waals surface area contributed by atoms with Crippen LogP contribution in [0.5, 0.6) is 11.5 Å². The van der Waals surface area contributed by atoms with Crippen LogP contribution in [0.4, 0.5) is 5.69 Å². The number of ether oxygens (including phenoxy) is 3. The normalized spacial score (nSPS) is 12.2. The Hall–Kier alpha value is -2.74. The maximum atomic E-state index is 12.0. The van der Waals surface area contributed by atoms with E-state index in [4.69, 9.17) is 41.9 Å². The number of carbonyl (C=O) groups is 1. The van der Waals surface area contributed by atoms with Gasteiger partial charge in [-0.25, -0.2) is 0 Å². The highest BCUT2D eigenvalue weighted by Gasteiger charge is 2.16. The zero-order chi connectivity index (χ0) is 19.5. The van der Waals surface area contributed by atoms with Gasteiger partial charge in [0.2, 0.25) is 12.7 Å². The molecule has 0 unspecified atom stereocenters. The standard InChI is InChI=1S/C19H14Cl2N2O5/c20-13-2-1-3-14(19(13)21)22-18(24)9-25-8-12-7-16(28-23-12)11-4-5-15-17(6-11)27-10-26-15/h1-7H,8-10H2,(H,22,24). The molecule has 1 amide bonds. The van der Waals surface area contributed by atoms with Crippen LogP contribution in [0.2, 0.25) is 10.0 Å². The summed E-state index contributed by atoms with van der Waals surface area (Å²) >= 11 is 12.0. The van der Waals surface area contributed by atoms with Crippen molar-refractivity contribution in [2.24, 2.45) is 0 Å². The zero-order valence-electron chi connectivity index (χ0n) is 14.4. The molecule has 1 aliphatic heterocycles. The molecule has 9 heteroatoms. The van der Waals surface area contributed by atoms with Gasteiger partial charge in [-0.2, -0.15) is 0 Å². The third-order valence-corrected chi connectivity index (χ3v) is 4.74. The lowest BCUT2D eigenvalue weighted by molar-refractivity contribution is -0.121. The average Bonchev–Trinajstić information content (AvgIpc) is 3.34. The monoisotopic (exact) mass is 420 g/mol. The summed E-state index contributed by atoms with van der Waals surface area (Å²) in [6, 6.07) is 12.2. The van der Waals surface area contributed by atoms with E-state index in [9.17, 15) is 4.79 Å². The number of rotatable bonds is 6. The number of carbonyl (C=O) groups excluding carboxylic acids is 1. The van der Waals surface area contributed by atoms with E-state index in [0.29, 0.717) is 33.7 Å². The summed E-state index contributed by atoms with van der Waals surface area (Å²) in [7, 11) is 0. The van der Waals surface area contributed by atoms with Gasteiger partial charge in [-0.1, -0.05) is 34.4 Å². The van der Waals surface area contributed by atoms with E-state index in [-0.39, 0.29) is 30.9 Å². The second-order valence-corrected chi connectivity index (χ2v) is 6.68. The van der Waals surface area contributed by atoms with Crippen molar-refractivity contribution in [1.29, 1.82) is 0 Å². The van der Waals surface area contributed by atoms with Crippen molar-refractivity contribution < 1.29 is 23.5 Å². The fourth-order valence-electron chi connectivity index (χ4n) is 2.60. The van der Waals surface area contributed by atoms with Crippen LogP contribution in [-0.2, 0) is 16.1 Å². The molecule has 0 fully saturated rings. The topological polar surface area (TPSA) is 82.8 Å². The molecule has 0 saturated carbocycles. The number of benzene rings is 2. The maximum absolute atomic E-state index is 12.0. The Morgan fingerprint density at radius 2 is 2.00 bits per heavy atom. The smallest absolute Gasteiger partial charge is 0.250 e. The molecule has 0 bridgehead atoms. The summed E-state index contributed by atoms with van der Waals surface area (Å²) in [5.41, 5.74) is 1.78. The minimum Gasteiger partial charge on any atom is -0.454 e. The number of anilines is 1. The van der Waals surface area contributed by atoms with E-state index in [1.165, 1.54) is 0 Å². The number of aromatic nitrogens is 1. The molecule has 28 heavy (non-hydrogen) atoms. The molecule has 7 nitrogen and oxygen atoms in total. The minimum absolute atomic E-state index is 0.116. The van der Waals surface area contributed by atoms with Crippen molar-refractivity contribution in [2.75, 3.05) is 18.7 Å². The van der Waals surface area contributed by atoms with Crippen molar-refractivity contribution in [3.8, 4) is 22.8 Å². The molecule has 1 N–H and O–H groups in total. The number of hydrogen-bond donors (Lipinski definition) is 1. The van der Waals surface area contributed by atoms with Crippen LogP contribution in [0.3, 0.4) is 0 Å². The molecule has 1 aromatic heterocycles. The van der Waals surface area contributed by atoms with E-state index in [1.807, 2.05) is 18.2 Å². The second-order valence-electron chi connectivity index (χ2n) is 5.89. The van der Waals surface area contributed by atoms with Crippen LogP contribution in [0.15, 0.2) is 47.0 Å². The van der Waals surface area contributed by atoms with Crippen molar-refractivity contribution in [1.82, 2.24) is 5.16 Å². The number of halogens is 2. The molecule has 144 valence electrons. The van der Waals surface area contributed by atoms with Gasteiger partial charge in [0.15, 0.2) is 17.3 Å². The summed E-state index contributed by atoms with van der Waals surface area (Å²) in [5, 5.41) is 7.23. The van der Waals surface area contributed by atoms with Gasteiger partial charge in [0, 0.05) is 11.6 Å². The summed E-state index contributed by atoms with van der Waals surface area (Å²) in [5.74, 6) is 1.55. The number of fused-ring (bicyclic) bond motifs is 1. The van der Waals surface area contributed by atoms with E-state index in [0.717, 1.165) is 5.56 Å². The van der Waals surface area contributed by atoms with Gasteiger partial charge in [-0.15, -0.1) is 0 Å². The van der Waals surface area contributed by atoms with E-state index in [1.54, 1.807) is 24.3 Å². The molecular weight excluding hydrogens is 407 g/mol. The Bertz CT molecular complexity index is 1020. The molecule has 0 aliphatic carbocycles. The number of amides is 1.